The second kappa shape index (κ2) is 8.22. The number of carbonyl (C=O) groups excluding carboxylic acids is 1. The van der Waals surface area contributed by atoms with Gasteiger partial charge in [0.25, 0.3) is 11.5 Å². The summed E-state index contributed by atoms with van der Waals surface area (Å²) in [5, 5.41) is 1.31. The summed E-state index contributed by atoms with van der Waals surface area (Å²) in [5.74, 6) is 0.813. The standard InChI is InChI=1S/C24H27N3O3/c1-17(2)27-16-20(18-8-4-5-9-19(18)24(27)29)23(28)26-14-12-25(13-15-26)21-10-6-7-11-22(21)30-3/h4-11,16-17H,12-15H2,1-3H3. The number of hydrogen-bond acceptors (Lipinski definition) is 4. The Labute approximate surface area is 176 Å². The first-order valence-corrected chi connectivity index (χ1v) is 10.3. The van der Waals surface area contributed by atoms with Gasteiger partial charge in [0.05, 0.1) is 18.4 Å². The minimum atomic E-state index is -0.0573. The average Bonchev–Trinajstić information content (AvgIpc) is 2.79. The molecule has 0 aliphatic carbocycles. The number of methoxy groups -OCH3 is 1. The van der Waals surface area contributed by atoms with Crippen molar-refractivity contribution in [2.45, 2.75) is 19.9 Å². The number of fused-ring (bicyclic) bond motifs is 1. The van der Waals surface area contributed by atoms with Crippen molar-refractivity contribution in [2.24, 2.45) is 0 Å². The highest BCUT2D eigenvalue weighted by atomic mass is 16.5. The van der Waals surface area contributed by atoms with E-state index in [1.165, 1.54) is 0 Å². The highest BCUT2D eigenvalue weighted by Crippen LogP contribution is 2.29. The lowest BCUT2D eigenvalue weighted by Crippen LogP contribution is -2.49. The largest absolute Gasteiger partial charge is 0.495 e. The maximum atomic E-state index is 13.4. The quantitative estimate of drug-likeness (QED) is 0.666. The molecule has 1 amide bonds. The summed E-state index contributed by atoms with van der Waals surface area (Å²) in [6.07, 6.45) is 1.73. The average molecular weight is 405 g/mol. The fourth-order valence-electron chi connectivity index (χ4n) is 4.08. The Hall–Kier alpha value is -3.28. The monoisotopic (exact) mass is 405 g/mol. The minimum absolute atomic E-state index is 0.0175. The number of carbonyl (C=O) groups is 1. The zero-order valence-corrected chi connectivity index (χ0v) is 17.7. The van der Waals surface area contributed by atoms with Gasteiger partial charge in [-0.25, -0.2) is 0 Å². The number of piperazine rings is 1. The van der Waals surface area contributed by atoms with Crippen molar-refractivity contribution in [3.8, 4) is 5.75 Å². The number of para-hydroxylation sites is 2. The first-order chi connectivity index (χ1) is 14.5. The van der Waals surface area contributed by atoms with Gasteiger partial charge in [0, 0.05) is 49.2 Å². The van der Waals surface area contributed by atoms with E-state index in [2.05, 4.69) is 4.90 Å². The number of hydrogen-bond donors (Lipinski definition) is 0. The molecule has 2 aromatic carbocycles. The Morgan fingerprint density at radius 2 is 1.57 bits per heavy atom. The van der Waals surface area contributed by atoms with Gasteiger partial charge in [0.2, 0.25) is 0 Å². The number of aromatic nitrogens is 1. The van der Waals surface area contributed by atoms with E-state index >= 15 is 0 Å². The molecule has 1 aliphatic rings. The molecule has 0 unspecified atom stereocenters. The molecule has 1 aromatic heterocycles. The van der Waals surface area contributed by atoms with Crippen LogP contribution in [0.5, 0.6) is 5.75 Å². The summed E-state index contributed by atoms with van der Waals surface area (Å²) < 4.78 is 7.14. The van der Waals surface area contributed by atoms with Crippen LogP contribution in [0.3, 0.4) is 0 Å². The van der Waals surface area contributed by atoms with Gasteiger partial charge in [-0.05, 0) is 32.0 Å². The molecule has 1 saturated heterocycles. The fourth-order valence-corrected chi connectivity index (χ4v) is 4.08. The van der Waals surface area contributed by atoms with Crippen molar-refractivity contribution in [1.82, 2.24) is 9.47 Å². The van der Waals surface area contributed by atoms with Crippen LogP contribution in [0.4, 0.5) is 5.69 Å². The van der Waals surface area contributed by atoms with Crippen molar-refractivity contribution in [3.05, 3.63) is 70.6 Å². The lowest BCUT2D eigenvalue weighted by Gasteiger charge is -2.36. The Kier molecular flexibility index (Phi) is 5.48. The maximum absolute atomic E-state index is 13.4. The van der Waals surface area contributed by atoms with Gasteiger partial charge in [0.15, 0.2) is 0 Å². The van der Waals surface area contributed by atoms with Crippen molar-refractivity contribution in [2.75, 3.05) is 38.2 Å². The molecule has 0 spiro atoms. The van der Waals surface area contributed by atoms with Crippen molar-refractivity contribution < 1.29 is 9.53 Å². The molecule has 0 bridgehead atoms. The lowest BCUT2D eigenvalue weighted by atomic mass is 10.1. The van der Waals surface area contributed by atoms with Crippen molar-refractivity contribution >= 4 is 22.4 Å². The molecule has 0 N–H and O–H groups in total. The molecular formula is C24H27N3O3. The highest BCUT2D eigenvalue weighted by molar-refractivity contribution is 6.06. The van der Waals surface area contributed by atoms with Gasteiger partial charge < -0.3 is 19.1 Å². The minimum Gasteiger partial charge on any atom is -0.495 e. The molecule has 4 rings (SSSR count). The van der Waals surface area contributed by atoms with Crippen LogP contribution in [0, 0.1) is 0 Å². The zero-order valence-electron chi connectivity index (χ0n) is 17.7. The number of benzene rings is 2. The third kappa shape index (κ3) is 3.54. The van der Waals surface area contributed by atoms with Crippen LogP contribution in [0.25, 0.3) is 10.8 Å². The molecule has 2 heterocycles. The van der Waals surface area contributed by atoms with Crippen LogP contribution in [-0.2, 0) is 0 Å². The second-order valence-electron chi connectivity index (χ2n) is 7.85. The van der Waals surface area contributed by atoms with E-state index in [1.807, 2.05) is 61.2 Å². The molecule has 0 atom stereocenters. The number of pyridine rings is 1. The van der Waals surface area contributed by atoms with Gasteiger partial charge in [-0.2, -0.15) is 0 Å². The molecule has 6 nitrogen and oxygen atoms in total. The lowest BCUT2D eigenvalue weighted by molar-refractivity contribution is 0.0747. The summed E-state index contributed by atoms with van der Waals surface area (Å²) in [6, 6.07) is 15.3. The van der Waals surface area contributed by atoms with Crippen LogP contribution in [-0.4, -0.2) is 48.7 Å². The molecule has 0 saturated carbocycles. The number of amides is 1. The van der Waals surface area contributed by atoms with Crippen LogP contribution in [0.1, 0.15) is 30.2 Å². The van der Waals surface area contributed by atoms with Gasteiger partial charge in [-0.1, -0.05) is 30.3 Å². The summed E-state index contributed by atoms with van der Waals surface area (Å²) in [7, 11) is 1.67. The Bertz CT molecular complexity index is 1130. The van der Waals surface area contributed by atoms with Gasteiger partial charge >= 0.3 is 0 Å². The molecule has 3 aromatic rings. The van der Waals surface area contributed by atoms with E-state index < -0.39 is 0 Å². The number of ether oxygens (including phenoxy) is 1. The predicted molar refractivity (Wildman–Crippen MR) is 120 cm³/mol. The van der Waals surface area contributed by atoms with E-state index in [-0.39, 0.29) is 17.5 Å². The summed E-state index contributed by atoms with van der Waals surface area (Å²) >= 11 is 0. The molecule has 0 radical (unpaired) electrons. The zero-order chi connectivity index (χ0) is 21.3. The van der Waals surface area contributed by atoms with Crippen LogP contribution in [0.2, 0.25) is 0 Å². The first-order valence-electron chi connectivity index (χ1n) is 10.3. The Morgan fingerprint density at radius 1 is 0.933 bits per heavy atom. The Balaban J connectivity index is 1.61. The highest BCUT2D eigenvalue weighted by Gasteiger charge is 2.26. The summed E-state index contributed by atoms with van der Waals surface area (Å²) in [6.45, 7) is 6.60. The second-order valence-corrected chi connectivity index (χ2v) is 7.85. The van der Waals surface area contributed by atoms with Crippen LogP contribution >= 0.6 is 0 Å². The van der Waals surface area contributed by atoms with Crippen LogP contribution < -0.4 is 15.2 Å². The van der Waals surface area contributed by atoms with Gasteiger partial charge in [-0.15, -0.1) is 0 Å². The molecule has 1 fully saturated rings. The molecule has 6 heteroatoms. The third-order valence-electron chi connectivity index (χ3n) is 5.73. The first kappa shape index (κ1) is 20.0. The summed E-state index contributed by atoms with van der Waals surface area (Å²) in [4.78, 5) is 30.4. The topological polar surface area (TPSA) is 54.8 Å². The SMILES string of the molecule is COc1ccccc1N1CCN(C(=O)c2cn(C(C)C)c(=O)c3ccccc23)CC1. The van der Waals surface area contributed by atoms with E-state index in [0.29, 0.717) is 24.0 Å². The smallest absolute Gasteiger partial charge is 0.258 e. The number of nitrogens with zero attached hydrogens (tertiary/aromatic N) is 3. The van der Waals surface area contributed by atoms with E-state index in [9.17, 15) is 9.59 Å². The predicted octanol–water partition coefficient (Wildman–Crippen LogP) is 3.55. The molecule has 30 heavy (non-hydrogen) atoms. The molecule has 156 valence electrons. The molecule has 1 aliphatic heterocycles. The maximum Gasteiger partial charge on any atom is 0.258 e. The molecular weight excluding hydrogens is 378 g/mol. The summed E-state index contributed by atoms with van der Waals surface area (Å²) in [5.41, 5.74) is 1.58. The van der Waals surface area contributed by atoms with E-state index in [0.717, 1.165) is 29.9 Å². The fraction of sp³-hybridized carbons (Fsp3) is 0.333. The van der Waals surface area contributed by atoms with Crippen LogP contribution in [0.15, 0.2) is 59.5 Å². The number of rotatable bonds is 4. The third-order valence-corrected chi connectivity index (χ3v) is 5.73. The van der Waals surface area contributed by atoms with Crippen molar-refractivity contribution in [1.29, 1.82) is 0 Å². The van der Waals surface area contributed by atoms with Gasteiger partial charge in [0.1, 0.15) is 5.75 Å². The van der Waals surface area contributed by atoms with Gasteiger partial charge in [-0.3, -0.25) is 9.59 Å². The Morgan fingerprint density at radius 3 is 2.23 bits per heavy atom. The van der Waals surface area contributed by atoms with E-state index in [4.69, 9.17) is 4.74 Å². The number of anilines is 1. The van der Waals surface area contributed by atoms with E-state index in [1.54, 1.807) is 23.9 Å². The normalized spacial score (nSPS) is 14.4. The van der Waals surface area contributed by atoms with Crippen molar-refractivity contribution in [3.63, 3.8) is 0 Å².